The summed E-state index contributed by atoms with van der Waals surface area (Å²) in [4.78, 5) is 30.2. The SMILES string of the molecule is C=CC(=O)Nc1cccc(-c2ccc(C=NCC(=O)NC3CCN(C)CC3)c(N)c2)c1. The third-order valence-corrected chi connectivity index (χ3v) is 5.28. The van der Waals surface area contributed by atoms with Gasteiger partial charge in [0, 0.05) is 29.2 Å². The van der Waals surface area contributed by atoms with E-state index in [0.717, 1.165) is 42.6 Å². The number of carbonyl (C=O) groups excluding carboxylic acids is 2. The van der Waals surface area contributed by atoms with Gasteiger partial charge in [0.1, 0.15) is 6.54 Å². The third kappa shape index (κ3) is 6.52. The highest BCUT2D eigenvalue weighted by Gasteiger charge is 2.17. The molecule has 0 spiro atoms. The van der Waals surface area contributed by atoms with E-state index in [9.17, 15) is 9.59 Å². The highest BCUT2D eigenvalue weighted by Crippen LogP contribution is 2.26. The predicted molar refractivity (Wildman–Crippen MR) is 126 cm³/mol. The van der Waals surface area contributed by atoms with Crippen LogP contribution in [0.5, 0.6) is 0 Å². The molecular formula is C24H29N5O2. The Labute approximate surface area is 183 Å². The molecular weight excluding hydrogens is 390 g/mol. The van der Waals surface area contributed by atoms with Crippen molar-refractivity contribution < 1.29 is 9.59 Å². The van der Waals surface area contributed by atoms with Gasteiger partial charge in [0.05, 0.1) is 0 Å². The number of carbonyl (C=O) groups is 2. The Morgan fingerprint density at radius 1 is 1.19 bits per heavy atom. The lowest BCUT2D eigenvalue weighted by Gasteiger charge is -2.29. The van der Waals surface area contributed by atoms with Crippen molar-refractivity contribution in [1.82, 2.24) is 10.2 Å². The fraction of sp³-hybridized carbons (Fsp3) is 0.292. The highest BCUT2D eigenvalue weighted by atomic mass is 16.2. The van der Waals surface area contributed by atoms with Crippen LogP contribution in [0.25, 0.3) is 11.1 Å². The molecule has 0 unspecified atom stereocenters. The lowest BCUT2D eigenvalue weighted by Crippen LogP contribution is -2.44. The van der Waals surface area contributed by atoms with Gasteiger partial charge in [-0.1, -0.05) is 30.8 Å². The molecule has 0 aliphatic carbocycles. The monoisotopic (exact) mass is 419 g/mol. The number of hydrogen-bond acceptors (Lipinski definition) is 5. The van der Waals surface area contributed by atoms with Crippen molar-refractivity contribution in [3.05, 3.63) is 60.7 Å². The first kappa shape index (κ1) is 22.2. The van der Waals surface area contributed by atoms with Crippen LogP contribution in [0.4, 0.5) is 11.4 Å². The number of nitrogen functional groups attached to an aromatic ring is 1. The molecule has 7 nitrogen and oxygen atoms in total. The van der Waals surface area contributed by atoms with Crippen molar-refractivity contribution in [3.8, 4) is 11.1 Å². The Balaban J connectivity index is 1.59. The van der Waals surface area contributed by atoms with Crippen LogP contribution in [-0.4, -0.2) is 55.7 Å². The maximum absolute atomic E-state index is 12.1. The summed E-state index contributed by atoms with van der Waals surface area (Å²) >= 11 is 0. The van der Waals surface area contributed by atoms with Crippen molar-refractivity contribution in [2.75, 3.05) is 37.7 Å². The van der Waals surface area contributed by atoms with E-state index in [0.29, 0.717) is 11.4 Å². The zero-order valence-corrected chi connectivity index (χ0v) is 17.8. The largest absolute Gasteiger partial charge is 0.398 e. The maximum Gasteiger partial charge on any atom is 0.247 e. The Bertz CT molecular complexity index is 978. The average molecular weight is 420 g/mol. The second-order valence-electron chi connectivity index (χ2n) is 7.73. The topological polar surface area (TPSA) is 99.8 Å². The minimum atomic E-state index is -0.261. The summed E-state index contributed by atoms with van der Waals surface area (Å²) in [6.45, 7) is 5.54. The summed E-state index contributed by atoms with van der Waals surface area (Å²) in [5.74, 6) is -0.331. The smallest absolute Gasteiger partial charge is 0.247 e. The van der Waals surface area contributed by atoms with Gasteiger partial charge in [0.25, 0.3) is 0 Å². The molecule has 1 fully saturated rings. The van der Waals surface area contributed by atoms with E-state index < -0.39 is 0 Å². The van der Waals surface area contributed by atoms with Gasteiger partial charge in [-0.15, -0.1) is 0 Å². The quantitative estimate of drug-likeness (QED) is 0.365. The van der Waals surface area contributed by atoms with Gasteiger partial charge in [0.15, 0.2) is 0 Å². The van der Waals surface area contributed by atoms with Crippen molar-refractivity contribution in [2.45, 2.75) is 18.9 Å². The number of nitrogens with two attached hydrogens (primary N) is 1. The van der Waals surface area contributed by atoms with E-state index in [1.807, 2.05) is 42.5 Å². The van der Waals surface area contributed by atoms with E-state index in [-0.39, 0.29) is 24.4 Å². The molecule has 1 aliphatic rings. The predicted octanol–water partition coefficient (Wildman–Crippen LogP) is 2.69. The van der Waals surface area contributed by atoms with Gasteiger partial charge in [0.2, 0.25) is 11.8 Å². The minimum absolute atomic E-state index is 0.0700. The molecule has 0 atom stereocenters. The second-order valence-corrected chi connectivity index (χ2v) is 7.73. The Morgan fingerprint density at radius 3 is 2.65 bits per heavy atom. The van der Waals surface area contributed by atoms with Gasteiger partial charge in [-0.05, 0) is 68.4 Å². The average Bonchev–Trinajstić information content (AvgIpc) is 2.76. The molecule has 7 heteroatoms. The molecule has 162 valence electrons. The number of likely N-dealkylation sites (tertiary alicyclic amines) is 1. The summed E-state index contributed by atoms with van der Waals surface area (Å²) in [5, 5.41) is 5.79. The van der Waals surface area contributed by atoms with Crippen LogP contribution >= 0.6 is 0 Å². The number of benzene rings is 2. The molecule has 0 saturated carbocycles. The summed E-state index contributed by atoms with van der Waals surface area (Å²) in [7, 11) is 2.09. The molecule has 31 heavy (non-hydrogen) atoms. The number of hydrogen-bond donors (Lipinski definition) is 3. The molecule has 4 N–H and O–H groups in total. The maximum atomic E-state index is 12.1. The van der Waals surface area contributed by atoms with Crippen molar-refractivity contribution in [3.63, 3.8) is 0 Å². The number of amides is 2. The highest BCUT2D eigenvalue weighted by molar-refractivity contribution is 5.99. The van der Waals surface area contributed by atoms with E-state index in [4.69, 9.17) is 5.73 Å². The molecule has 3 rings (SSSR count). The van der Waals surface area contributed by atoms with Gasteiger partial charge < -0.3 is 21.3 Å². The van der Waals surface area contributed by atoms with Gasteiger partial charge in [-0.2, -0.15) is 0 Å². The van der Waals surface area contributed by atoms with E-state index in [2.05, 4.69) is 34.2 Å². The fourth-order valence-electron chi connectivity index (χ4n) is 3.49. The van der Waals surface area contributed by atoms with Crippen molar-refractivity contribution in [1.29, 1.82) is 0 Å². The zero-order valence-electron chi connectivity index (χ0n) is 17.8. The Kier molecular flexibility index (Phi) is 7.56. The van der Waals surface area contributed by atoms with Crippen LogP contribution in [0.15, 0.2) is 60.1 Å². The second kappa shape index (κ2) is 10.5. The van der Waals surface area contributed by atoms with E-state index in [1.54, 1.807) is 6.21 Å². The number of rotatable bonds is 7. The van der Waals surface area contributed by atoms with Crippen LogP contribution in [0.2, 0.25) is 0 Å². The molecule has 1 saturated heterocycles. The number of anilines is 2. The van der Waals surface area contributed by atoms with Crippen LogP contribution in [-0.2, 0) is 9.59 Å². The molecule has 0 radical (unpaired) electrons. The molecule has 2 aromatic rings. The zero-order chi connectivity index (χ0) is 22.2. The Hall–Kier alpha value is -3.45. The minimum Gasteiger partial charge on any atom is -0.398 e. The lowest BCUT2D eigenvalue weighted by molar-refractivity contribution is -0.120. The normalized spacial score (nSPS) is 15.0. The summed E-state index contributed by atoms with van der Waals surface area (Å²) < 4.78 is 0. The molecule has 2 amide bonds. The molecule has 2 aromatic carbocycles. The Morgan fingerprint density at radius 2 is 1.94 bits per heavy atom. The van der Waals surface area contributed by atoms with E-state index >= 15 is 0 Å². The molecule has 0 bridgehead atoms. The van der Waals surface area contributed by atoms with E-state index in [1.165, 1.54) is 6.08 Å². The van der Waals surface area contributed by atoms with Gasteiger partial charge in [-0.3, -0.25) is 14.6 Å². The van der Waals surface area contributed by atoms with Crippen molar-refractivity contribution in [2.24, 2.45) is 4.99 Å². The number of nitrogens with zero attached hydrogens (tertiary/aromatic N) is 2. The van der Waals surface area contributed by atoms with Crippen LogP contribution in [0, 0.1) is 0 Å². The van der Waals surface area contributed by atoms with Gasteiger partial charge >= 0.3 is 0 Å². The summed E-state index contributed by atoms with van der Waals surface area (Å²) in [5.41, 5.74) is 10.1. The van der Waals surface area contributed by atoms with Gasteiger partial charge in [-0.25, -0.2) is 0 Å². The van der Waals surface area contributed by atoms with Crippen LogP contribution < -0.4 is 16.4 Å². The fourth-order valence-corrected chi connectivity index (χ4v) is 3.49. The standard InChI is InChI=1S/C24H29N5O2/c1-3-23(30)28-21-6-4-5-17(13-21)18-7-8-19(22(25)14-18)15-26-16-24(31)27-20-9-11-29(2)12-10-20/h3-8,13-15,20H,1,9-12,16,25H2,2H3,(H,27,31)(H,28,30). The third-order valence-electron chi connectivity index (χ3n) is 5.28. The number of nitrogens with one attached hydrogen (secondary N) is 2. The first-order chi connectivity index (χ1) is 14.9. The molecule has 0 aromatic heterocycles. The summed E-state index contributed by atoms with van der Waals surface area (Å²) in [6, 6.07) is 13.4. The lowest BCUT2D eigenvalue weighted by atomic mass is 10.0. The molecule has 1 heterocycles. The first-order valence-corrected chi connectivity index (χ1v) is 10.4. The van der Waals surface area contributed by atoms with Crippen molar-refractivity contribution >= 4 is 29.4 Å². The van der Waals surface area contributed by atoms with Crippen LogP contribution in [0.3, 0.4) is 0 Å². The first-order valence-electron chi connectivity index (χ1n) is 10.4. The number of piperidine rings is 1. The summed E-state index contributed by atoms with van der Waals surface area (Å²) in [6.07, 6.45) is 4.80. The van der Waals surface area contributed by atoms with Crippen LogP contribution in [0.1, 0.15) is 18.4 Å². The number of aliphatic imine (C=N–C) groups is 1. The molecule has 1 aliphatic heterocycles.